The topological polar surface area (TPSA) is 91.2 Å². The SMILES string of the molecule is CCOc1ccc(NC(=O)c2ccc(NC(=O)c3ccc(C#N)cc3)cc2)cc1. The molecule has 0 aliphatic rings. The van der Waals surface area contributed by atoms with Crippen molar-refractivity contribution in [2.24, 2.45) is 0 Å². The summed E-state index contributed by atoms with van der Waals surface area (Å²) in [5.74, 6) is 0.202. The van der Waals surface area contributed by atoms with Gasteiger partial charge in [0.05, 0.1) is 18.2 Å². The number of carbonyl (C=O) groups is 2. The maximum Gasteiger partial charge on any atom is 0.255 e. The first-order valence-corrected chi connectivity index (χ1v) is 9.05. The van der Waals surface area contributed by atoms with Crippen molar-refractivity contribution in [1.29, 1.82) is 5.26 Å². The predicted molar refractivity (Wildman–Crippen MR) is 111 cm³/mol. The molecule has 3 aromatic carbocycles. The molecule has 3 aromatic rings. The molecule has 0 fully saturated rings. The standard InChI is InChI=1S/C23H19N3O3/c1-2-29-21-13-11-20(12-14-21)26-23(28)18-7-9-19(10-8-18)25-22(27)17-5-3-16(15-24)4-6-17/h3-14H,2H2,1H3,(H,25,27)(H,26,28). The lowest BCUT2D eigenvalue weighted by Gasteiger charge is -2.09. The third kappa shape index (κ3) is 5.21. The van der Waals surface area contributed by atoms with Crippen LogP contribution < -0.4 is 15.4 Å². The van der Waals surface area contributed by atoms with Crippen LogP contribution >= 0.6 is 0 Å². The Morgan fingerprint density at radius 3 is 1.69 bits per heavy atom. The van der Waals surface area contributed by atoms with Crippen molar-refractivity contribution in [3.63, 3.8) is 0 Å². The van der Waals surface area contributed by atoms with E-state index in [2.05, 4.69) is 10.6 Å². The van der Waals surface area contributed by atoms with Crippen molar-refractivity contribution in [2.75, 3.05) is 17.2 Å². The molecule has 2 amide bonds. The molecule has 0 spiro atoms. The van der Waals surface area contributed by atoms with Crippen LogP contribution in [0.1, 0.15) is 33.2 Å². The average Bonchev–Trinajstić information content (AvgIpc) is 2.76. The minimum absolute atomic E-state index is 0.251. The van der Waals surface area contributed by atoms with Gasteiger partial charge in [0, 0.05) is 22.5 Å². The highest BCUT2D eigenvalue weighted by molar-refractivity contribution is 6.06. The van der Waals surface area contributed by atoms with Gasteiger partial charge in [-0.3, -0.25) is 9.59 Å². The molecule has 29 heavy (non-hydrogen) atoms. The van der Waals surface area contributed by atoms with Crippen molar-refractivity contribution in [2.45, 2.75) is 6.92 Å². The molecule has 0 radical (unpaired) electrons. The lowest BCUT2D eigenvalue weighted by atomic mass is 10.1. The van der Waals surface area contributed by atoms with Crippen molar-refractivity contribution in [1.82, 2.24) is 0 Å². The molecule has 3 rings (SSSR count). The van der Waals surface area contributed by atoms with Gasteiger partial charge in [0.1, 0.15) is 5.75 Å². The Morgan fingerprint density at radius 1 is 0.793 bits per heavy atom. The van der Waals surface area contributed by atoms with Crippen LogP contribution in [0.25, 0.3) is 0 Å². The van der Waals surface area contributed by atoms with Crippen molar-refractivity contribution < 1.29 is 14.3 Å². The van der Waals surface area contributed by atoms with Gasteiger partial charge < -0.3 is 15.4 Å². The summed E-state index contributed by atoms with van der Waals surface area (Å²) in [5.41, 5.74) is 2.63. The fraction of sp³-hybridized carbons (Fsp3) is 0.0870. The second-order valence-electron chi connectivity index (χ2n) is 6.13. The van der Waals surface area contributed by atoms with E-state index in [1.54, 1.807) is 72.8 Å². The lowest BCUT2D eigenvalue weighted by Crippen LogP contribution is -2.13. The number of hydrogen-bond donors (Lipinski definition) is 2. The zero-order valence-electron chi connectivity index (χ0n) is 15.8. The van der Waals surface area contributed by atoms with Crippen molar-refractivity contribution in [3.05, 3.63) is 89.5 Å². The molecular weight excluding hydrogens is 366 g/mol. The van der Waals surface area contributed by atoms with Gasteiger partial charge in [-0.15, -0.1) is 0 Å². The van der Waals surface area contributed by atoms with E-state index in [0.717, 1.165) is 5.75 Å². The summed E-state index contributed by atoms with van der Waals surface area (Å²) in [6.07, 6.45) is 0. The number of nitrogens with zero attached hydrogens (tertiary/aromatic N) is 1. The van der Waals surface area contributed by atoms with Crippen LogP contribution in [-0.4, -0.2) is 18.4 Å². The number of hydrogen-bond acceptors (Lipinski definition) is 4. The second kappa shape index (κ2) is 9.20. The molecule has 0 bridgehead atoms. The summed E-state index contributed by atoms with van der Waals surface area (Å²) in [5, 5.41) is 14.4. The number of benzene rings is 3. The van der Waals surface area contributed by atoms with Crippen LogP contribution in [0.2, 0.25) is 0 Å². The quantitative estimate of drug-likeness (QED) is 0.655. The normalized spacial score (nSPS) is 9.93. The van der Waals surface area contributed by atoms with E-state index in [9.17, 15) is 9.59 Å². The van der Waals surface area contributed by atoms with E-state index in [1.807, 2.05) is 13.0 Å². The number of amides is 2. The van der Waals surface area contributed by atoms with E-state index in [1.165, 1.54) is 0 Å². The minimum atomic E-state index is -0.291. The van der Waals surface area contributed by atoms with Gasteiger partial charge in [-0.1, -0.05) is 0 Å². The van der Waals surface area contributed by atoms with Gasteiger partial charge in [0.15, 0.2) is 0 Å². The largest absolute Gasteiger partial charge is 0.494 e. The van der Waals surface area contributed by atoms with Crippen LogP contribution in [0.15, 0.2) is 72.8 Å². The van der Waals surface area contributed by atoms with Crippen molar-refractivity contribution in [3.8, 4) is 11.8 Å². The monoisotopic (exact) mass is 385 g/mol. The molecule has 2 N–H and O–H groups in total. The Balaban J connectivity index is 1.60. The van der Waals surface area contributed by atoms with Crippen LogP contribution in [0.4, 0.5) is 11.4 Å². The fourth-order valence-electron chi connectivity index (χ4n) is 2.61. The second-order valence-corrected chi connectivity index (χ2v) is 6.13. The van der Waals surface area contributed by atoms with Gasteiger partial charge in [-0.05, 0) is 79.7 Å². The molecule has 0 aliphatic heterocycles. The molecule has 0 atom stereocenters. The van der Waals surface area contributed by atoms with E-state index in [-0.39, 0.29) is 11.8 Å². The average molecular weight is 385 g/mol. The number of nitriles is 1. The van der Waals surface area contributed by atoms with Crippen LogP contribution in [-0.2, 0) is 0 Å². The highest BCUT2D eigenvalue weighted by atomic mass is 16.5. The maximum absolute atomic E-state index is 12.4. The Morgan fingerprint density at radius 2 is 1.24 bits per heavy atom. The molecular formula is C23H19N3O3. The Hall–Kier alpha value is -4.11. The van der Waals surface area contributed by atoms with E-state index in [4.69, 9.17) is 10.00 Å². The predicted octanol–water partition coefficient (Wildman–Crippen LogP) is 4.46. The minimum Gasteiger partial charge on any atom is -0.494 e. The van der Waals surface area contributed by atoms with Crippen molar-refractivity contribution >= 4 is 23.2 Å². The van der Waals surface area contributed by atoms with E-state index in [0.29, 0.717) is 34.7 Å². The Labute approximate surface area is 168 Å². The molecule has 0 aromatic heterocycles. The van der Waals surface area contributed by atoms with Gasteiger partial charge in [-0.25, -0.2) is 0 Å². The number of anilines is 2. The zero-order valence-corrected chi connectivity index (χ0v) is 15.8. The van der Waals surface area contributed by atoms with Gasteiger partial charge in [0.2, 0.25) is 0 Å². The Bertz CT molecular complexity index is 1030. The summed E-state index contributed by atoms with van der Waals surface area (Å²) in [7, 11) is 0. The van der Waals surface area contributed by atoms with Crippen LogP contribution in [0, 0.1) is 11.3 Å². The zero-order chi connectivity index (χ0) is 20.6. The summed E-state index contributed by atoms with van der Waals surface area (Å²) >= 11 is 0. The number of ether oxygens (including phenoxy) is 1. The third-order valence-electron chi connectivity index (χ3n) is 4.10. The molecule has 0 heterocycles. The van der Waals surface area contributed by atoms with Crippen LogP contribution in [0.3, 0.4) is 0 Å². The molecule has 144 valence electrons. The van der Waals surface area contributed by atoms with Gasteiger partial charge in [0.25, 0.3) is 11.8 Å². The molecule has 0 saturated carbocycles. The Kier molecular flexibility index (Phi) is 6.23. The summed E-state index contributed by atoms with van der Waals surface area (Å²) < 4.78 is 5.38. The first-order valence-electron chi connectivity index (χ1n) is 9.05. The molecule has 6 heteroatoms. The van der Waals surface area contributed by atoms with Gasteiger partial charge >= 0.3 is 0 Å². The number of carbonyl (C=O) groups excluding carboxylic acids is 2. The summed E-state index contributed by atoms with van der Waals surface area (Å²) in [6, 6.07) is 22.1. The first kappa shape index (κ1) is 19.6. The maximum atomic E-state index is 12.4. The third-order valence-corrected chi connectivity index (χ3v) is 4.10. The fourth-order valence-corrected chi connectivity index (χ4v) is 2.61. The van der Waals surface area contributed by atoms with Crippen LogP contribution in [0.5, 0.6) is 5.75 Å². The van der Waals surface area contributed by atoms with E-state index >= 15 is 0 Å². The number of rotatable bonds is 6. The van der Waals surface area contributed by atoms with E-state index < -0.39 is 0 Å². The highest BCUT2D eigenvalue weighted by Crippen LogP contribution is 2.17. The number of nitrogens with one attached hydrogen (secondary N) is 2. The summed E-state index contributed by atoms with van der Waals surface area (Å²) in [6.45, 7) is 2.49. The first-order chi connectivity index (χ1) is 14.1. The molecule has 6 nitrogen and oxygen atoms in total. The summed E-state index contributed by atoms with van der Waals surface area (Å²) in [4.78, 5) is 24.6. The molecule has 0 saturated heterocycles. The van der Waals surface area contributed by atoms with Gasteiger partial charge in [-0.2, -0.15) is 5.26 Å². The molecule has 0 aliphatic carbocycles. The lowest BCUT2D eigenvalue weighted by molar-refractivity contribution is 0.102. The highest BCUT2D eigenvalue weighted by Gasteiger charge is 2.09. The smallest absolute Gasteiger partial charge is 0.255 e. The molecule has 0 unspecified atom stereocenters.